The Morgan fingerprint density at radius 2 is 1.08 bits per heavy atom. The molecule has 0 spiro atoms. The molecule has 0 unspecified atom stereocenters. The van der Waals surface area contributed by atoms with Crippen LogP contribution >= 0.6 is 15.2 Å². The lowest BCUT2D eigenvalue weighted by molar-refractivity contribution is 0.151. The summed E-state index contributed by atoms with van der Waals surface area (Å²) in [5.74, 6) is 0. The van der Waals surface area contributed by atoms with Gasteiger partial charge in [0.1, 0.15) is 0 Å². The first-order chi connectivity index (χ1) is 11.1. The topological polar surface area (TPSA) is 105 Å². The van der Waals surface area contributed by atoms with Crippen molar-refractivity contribution in [3.05, 3.63) is 0 Å². The van der Waals surface area contributed by atoms with Crippen LogP contribution in [0.5, 0.6) is 0 Å². The highest BCUT2D eigenvalue weighted by Crippen LogP contribution is 2.47. The minimum atomic E-state index is -3.49. The molecule has 0 N–H and O–H groups in total. The zero-order valence-corrected chi connectivity index (χ0v) is 17.1. The first kappa shape index (κ1) is 25.9. The van der Waals surface area contributed by atoms with E-state index in [1.165, 1.54) is 0 Å². The van der Waals surface area contributed by atoms with Crippen molar-refractivity contribution in [3.8, 4) is 0 Å². The molecule has 0 rings (SSSR count). The predicted molar refractivity (Wildman–Crippen MR) is 93.6 cm³/mol. The summed E-state index contributed by atoms with van der Waals surface area (Å²) in [5, 5.41) is 0. The number of carbonyl (C=O) groups is 2. The fourth-order valence-electron chi connectivity index (χ4n) is 1.20. The van der Waals surface area contributed by atoms with E-state index in [9.17, 15) is 18.7 Å². The predicted octanol–water partition coefficient (Wildman–Crippen LogP) is 4.44. The molecule has 144 valence electrons. The van der Waals surface area contributed by atoms with E-state index >= 15 is 0 Å². The van der Waals surface area contributed by atoms with Gasteiger partial charge in [0.15, 0.2) is 0 Å². The molecule has 0 aliphatic rings. The van der Waals surface area contributed by atoms with Gasteiger partial charge < -0.3 is 18.1 Å². The van der Waals surface area contributed by atoms with Crippen molar-refractivity contribution in [3.63, 3.8) is 0 Å². The molecule has 0 atom stereocenters. The Balaban J connectivity index is 0. The van der Waals surface area contributed by atoms with Crippen LogP contribution in [0.25, 0.3) is 0 Å². The summed E-state index contributed by atoms with van der Waals surface area (Å²) in [6.45, 7) is 11.1. The summed E-state index contributed by atoms with van der Waals surface area (Å²) in [4.78, 5) is 20.7. The minimum Gasteiger partial charge on any atom is -0.303 e. The van der Waals surface area contributed by atoms with E-state index in [1.807, 2.05) is 13.8 Å². The van der Waals surface area contributed by atoms with E-state index in [0.717, 1.165) is 0 Å². The summed E-state index contributed by atoms with van der Waals surface area (Å²) >= 11 is 0. The summed E-state index contributed by atoms with van der Waals surface area (Å²) in [6.07, 6.45) is 0.875. The average molecular weight is 388 g/mol. The van der Waals surface area contributed by atoms with Crippen LogP contribution in [0.3, 0.4) is 0 Å². The lowest BCUT2D eigenvalue weighted by Gasteiger charge is -2.17. The quantitative estimate of drug-likeness (QED) is 0.357. The first-order valence-electron chi connectivity index (χ1n) is 7.86. The van der Waals surface area contributed by atoms with Gasteiger partial charge in [-0.05, 0) is 40.5 Å². The van der Waals surface area contributed by atoms with E-state index < -0.39 is 15.2 Å². The van der Waals surface area contributed by atoms with Crippen LogP contribution in [0.4, 0.5) is 0 Å². The molecule has 0 fully saturated rings. The molecule has 0 saturated heterocycles. The maximum absolute atomic E-state index is 11.4. The van der Waals surface area contributed by atoms with Gasteiger partial charge in [0.2, 0.25) is 12.1 Å². The summed E-state index contributed by atoms with van der Waals surface area (Å²) in [6, 6.07) is 0.505. The third kappa shape index (κ3) is 14.0. The van der Waals surface area contributed by atoms with Gasteiger partial charge in [-0.15, -0.1) is 0 Å². The normalized spacial score (nSPS) is 12.0. The fourth-order valence-corrected chi connectivity index (χ4v) is 3.59. The Morgan fingerprint density at radius 1 is 0.750 bits per heavy atom. The average Bonchev–Trinajstić information content (AvgIpc) is 2.50. The van der Waals surface area contributed by atoms with E-state index in [-0.39, 0.29) is 24.3 Å². The number of hydrogen-bond donors (Lipinski definition) is 0. The van der Waals surface area contributed by atoms with Gasteiger partial charge in [-0.25, -0.2) is 0 Å². The molecule has 0 amide bonds. The third-order valence-electron chi connectivity index (χ3n) is 1.92. The van der Waals surface area contributed by atoms with Crippen molar-refractivity contribution in [2.75, 3.05) is 13.2 Å². The van der Waals surface area contributed by atoms with Crippen molar-refractivity contribution in [1.82, 2.24) is 0 Å². The highest BCUT2D eigenvalue weighted by atomic mass is 31.2. The molecule has 0 radical (unpaired) electrons. The molecule has 0 saturated carbocycles. The molecule has 0 aliphatic heterocycles. The van der Waals surface area contributed by atoms with Gasteiger partial charge in [0.25, 0.3) is 0 Å². The largest absolute Gasteiger partial charge is 0.394 e. The zero-order chi connectivity index (χ0) is 19.2. The Morgan fingerprint density at radius 3 is 1.29 bits per heavy atom. The SMILES string of the molecule is CC(C)OP(=O)(C=O)OC(C)C.CCCOP(=O)(C=O)OCCC. The van der Waals surface area contributed by atoms with Crippen molar-refractivity contribution in [1.29, 1.82) is 0 Å². The molecule has 0 aromatic carbocycles. The van der Waals surface area contributed by atoms with Crippen molar-refractivity contribution in [2.45, 2.75) is 66.6 Å². The molecule has 0 aromatic heterocycles. The second-order valence-corrected chi connectivity index (χ2v) is 8.78. The Hall–Kier alpha value is -0.360. The molecular weight excluding hydrogens is 358 g/mol. The maximum Gasteiger partial charge on any atom is 0.394 e. The van der Waals surface area contributed by atoms with Crippen LogP contribution < -0.4 is 0 Å². The lowest BCUT2D eigenvalue weighted by Crippen LogP contribution is -2.08. The van der Waals surface area contributed by atoms with Gasteiger partial charge >= 0.3 is 15.2 Å². The van der Waals surface area contributed by atoms with E-state index in [2.05, 4.69) is 0 Å². The summed E-state index contributed by atoms with van der Waals surface area (Å²) in [7, 11) is -6.91. The smallest absolute Gasteiger partial charge is 0.303 e. The minimum absolute atomic E-state index is 0.243. The molecular formula is C14H30O8P2. The van der Waals surface area contributed by atoms with Crippen molar-refractivity contribution < 1.29 is 36.8 Å². The molecule has 0 aliphatic carbocycles. The molecule has 8 nitrogen and oxygen atoms in total. The Labute approximate surface area is 144 Å². The monoisotopic (exact) mass is 388 g/mol. The van der Waals surface area contributed by atoms with Crippen LogP contribution in [-0.2, 0) is 36.8 Å². The molecule has 24 heavy (non-hydrogen) atoms. The molecule has 0 aromatic rings. The number of carbonyl (C=O) groups excluding carboxylic acids is 2. The second-order valence-electron chi connectivity index (χ2n) is 5.27. The highest BCUT2D eigenvalue weighted by Gasteiger charge is 2.26. The van der Waals surface area contributed by atoms with Crippen LogP contribution in [-0.4, -0.2) is 37.5 Å². The standard InChI is InChI=1S/2C7H15O4P/c1-6(2)10-12(9,5-8)11-7(3)4;1-3-5-10-12(9,7-8)11-6-4-2/h5-7H,1-4H3;7H,3-6H2,1-2H3. The Bertz CT molecular complexity index is 410. The second kappa shape index (κ2) is 13.9. The maximum atomic E-state index is 11.4. The zero-order valence-electron chi connectivity index (χ0n) is 15.3. The van der Waals surface area contributed by atoms with Gasteiger partial charge in [0.05, 0.1) is 25.4 Å². The first-order valence-corrected chi connectivity index (χ1v) is 11.1. The molecule has 10 heteroatoms. The van der Waals surface area contributed by atoms with Crippen LogP contribution in [0, 0.1) is 0 Å². The summed E-state index contributed by atoms with van der Waals surface area (Å²) in [5.41, 5.74) is 0. The number of rotatable bonds is 12. The van der Waals surface area contributed by atoms with Crippen molar-refractivity contribution >= 4 is 27.2 Å². The van der Waals surface area contributed by atoms with Crippen LogP contribution in [0.1, 0.15) is 54.4 Å². The van der Waals surface area contributed by atoms with Crippen molar-refractivity contribution in [2.24, 2.45) is 0 Å². The third-order valence-corrected chi connectivity index (χ3v) is 4.96. The lowest BCUT2D eigenvalue weighted by atomic mass is 10.5. The fraction of sp³-hybridized carbons (Fsp3) is 0.857. The molecule has 0 heterocycles. The van der Waals surface area contributed by atoms with E-state index in [0.29, 0.717) is 26.1 Å². The number of hydrogen-bond acceptors (Lipinski definition) is 8. The van der Waals surface area contributed by atoms with E-state index in [1.54, 1.807) is 27.7 Å². The summed E-state index contributed by atoms with van der Waals surface area (Å²) < 4.78 is 42.0. The van der Waals surface area contributed by atoms with Gasteiger partial charge in [0, 0.05) is 0 Å². The van der Waals surface area contributed by atoms with E-state index in [4.69, 9.17) is 18.1 Å². The van der Waals surface area contributed by atoms with Gasteiger partial charge in [-0.1, -0.05) is 13.8 Å². The van der Waals surface area contributed by atoms with Crippen LogP contribution in [0.2, 0.25) is 0 Å². The van der Waals surface area contributed by atoms with Gasteiger partial charge in [-0.2, -0.15) is 0 Å². The Kier molecular flexibility index (Phi) is 15.0. The van der Waals surface area contributed by atoms with Crippen LogP contribution in [0.15, 0.2) is 0 Å². The molecule has 0 bridgehead atoms. The van der Waals surface area contributed by atoms with Gasteiger partial charge in [-0.3, -0.25) is 18.7 Å². The highest BCUT2D eigenvalue weighted by molar-refractivity contribution is 7.69.